The van der Waals surface area contributed by atoms with Gasteiger partial charge in [-0.25, -0.2) is 0 Å². The number of nitrogens with one attached hydrogen (secondary N) is 1. The first-order valence-electron chi connectivity index (χ1n) is 9.32. The van der Waals surface area contributed by atoms with Crippen molar-refractivity contribution in [2.45, 2.75) is 19.5 Å². The van der Waals surface area contributed by atoms with Gasteiger partial charge in [0.15, 0.2) is 0 Å². The molecule has 0 aliphatic carbocycles. The number of hydrogen-bond donors (Lipinski definition) is 1. The summed E-state index contributed by atoms with van der Waals surface area (Å²) in [7, 11) is 0. The maximum atomic E-state index is 12.7. The van der Waals surface area contributed by atoms with Gasteiger partial charge in [0.25, 0.3) is 0 Å². The molecule has 0 radical (unpaired) electrons. The van der Waals surface area contributed by atoms with Gasteiger partial charge in [-0.05, 0) is 42.8 Å². The van der Waals surface area contributed by atoms with Gasteiger partial charge < -0.3 is 10.2 Å². The molecule has 0 atom stereocenters. The highest BCUT2D eigenvalue weighted by Gasteiger charge is 2.30. The molecule has 0 saturated carbocycles. The minimum atomic E-state index is -4.42. The number of anilines is 2. The van der Waals surface area contributed by atoms with Crippen molar-refractivity contribution in [3.63, 3.8) is 0 Å². The summed E-state index contributed by atoms with van der Waals surface area (Å²) in [5.41, 5.74) is 1.84. The summed E-state index contributed by atoms with van der Waals surface area (Å²) in [5.74, 6) is -0.277. The number of alkyl halides is 3. The summed E-state index contributed by atoms with van der Waals surface area (Å²) < 4.78 is 38.2. The van der Waals surface area contributed by atoms with Gasteiger partial charge in [0, 0.05) is 50.5 Å². The Kier molecular flexibility index (Phi) is 6.24. The van der Waals surface area contributed by atoms with Crippen molar-refractivity contribution in [3.05, 3.63) is 59.7 Å². The zero-order valence-corrected chi connectivity index (χ0v) is 15.8. The molecular formula is C21H24F3N3O. The van der Waals surface area contributed by atoms with Crippen LogP contribution in [0.4, 0.5) is 24.5 Å². The molecule has 7 heteroatoms. The van der Waals surface area contributed by atoms with E-state index in [9.17, 15) is 18.0 Å². The first kappa shape index (κ1) is 20.2. The van der Waals surface area contributed by atoms with E-state index in [4.69, 9.17) is 0 Å². The maximum absolute atomic E-state index is 12.7. The van der Waals surface area contributed by atoms with Crippen LogP contribution in [0.1, 0.15) is 17.5 Å². The van der Waals surface area contributed by atoms with Crippen LogP contribution in [0.2, 0.25) is 0 Å². The van der Waals surface area contributed by atoms with E-state index in [1.54, 1.807) is 0 Å². The zero-order chi connectivity index (χ0) is 20.1. The Balaban J connectivity index is 1.45. The van der Waals surface area contributed by atoms with Crippen LogP contribution < -0.4 is 10.2 Å². The van der Waals surface area contributed by atoms with Crippen molar-refractivity contribution >= 4 is 17.3 Å². The van der Waals surface area contributed by atoms with Crippen LogP contribution in [-0.4, -0.2) is 43.5 Å². The van der Waals surface area contributed by atoms with Crippen LogP contribution in [0.25, 0.3) is 0 Å². The largest absolute Gasteiger partial charge is 0.416 e. The number of carbonyl (C=O) groups excluding carboxylic acids is 1. The lowest BCUT2D eigenvalue weighted by Crippen LogP contribution is -2.47. The summed E-state index contributed by atoms with van der Waals surface area (Å²) in [6.07, 6.45) is -4.17. The lowest BCUT2D eigenvalue weighted by molar-refractivity contribution is -0.137. The quantitative estimate of drug-likeness (QED) is 0.831. The number of rotatable bonds is 5. The van der Waals surface area contributed by atoms with Crippen LogP contribution in [0.5, 0.6) is 0 Å². The number of aryl methyl sites for hydroxylation is 1. The van der Waals surface area contributed by atoms with E-state index in [-0.39, 0.29) is 18.0 Å². The topological polar surface area (TPSA) is 35.6 Å². The molecule has 0 bridgehead atoms. The number of piperazine rings is 1. The molecule has 1 saturated heterocycles. The highest BCUT2D eigenvalue weighted by Crippen LogP contribution is 2.30. The van der Waals surface area contributed by atoms with E-state index in [0.29, 0.717) is 6.54 Å². The van der Waals surface area contributed by atoms with E-state index in [1.165, 1.54) is 23.4 Å². The summed E-state index contributed by atoms with van der Waals surface area (Å²) in [6.45, 7) is 6.14. The molecule has 1 aliphatic rings. The fourth-order valence-electron chi connectivity index (χ4n) is 3.31. The third kappa shape index (κ3) is 5.48. The summed E-state index contributed by atoms with van der Waals surface area (Å²) in [5, 5.41) is 2.56. The number of benzene rings is 2. The van der Waals surface area contributed by atoms with E-state index < -0.39 is 11.7 Å². The molecule has 2 aromatic carbocycles. The lowest BCUT2D eigenvalue weighted by atomic mass is 10.2. The van der Waals surface area contributed by atoms with E-state index in [2.05, 4.69) is 46.3 Å². The molecule has 1 aliphatic heterocycles. The fraction of sp³-hybridized carbons (Fsp3) is 0.381. The second-order valence-electron chi connectivity index (χ2n) is 7.04. The van der Waals surface area contributed by atoms with E-state index >= 15 is 0 Å². The zero-order valence-electron chi connectivity index (χ0n) is 15.8. The average molecular weight is 391 g/mol. The van der Waals surface area contributed by atoms with Crippen molar-refractivity contribution in [3.8, 4) is 0 Å². The molecule has 0 aromatic heterocycles. The first-order chi connectivity index (χ1) is 13.3. The Labute approximate surface area is 162 Å². The molecule has 1 N–H and O–H groups in total. The Morgan fingerprint density at radius 3 is 2.43 bits per heavy atom. The van der Waals surface area contributed by atoms with Crippen molar-refractivity contribution in [1.82, 2.24) is 4.90 Å². The molecule has 1 fully saturated rings. The first-order valence-corrected chi connectivity index (χ1v) is 9.32. The average Bonchev–Trinajstić information content (AvgIpc) is 2.66. The van der Waals surface area contributed by atoms with Crippen molar-refractivity contribution in [1.29, 1.82) is 0 Å². The van der Waals surface area contributed by atoms with Crippen LogP contribution in [-0.2, 0) is 11.0 Å². The lowest BCUT2D eigenvalue weighted by Gasteiger charge is -2.36. The fourth-order valence-corrected chi connectivity index (χ4v) is 3.31. The summed E-state index contributed by atoms with van der Waals surface area (Å²) in [6, 6.07) is 13.1. The van der Waals surface area contributed by atoms with E-state index in [0.717, 1.165) is 38.3 Å². The number of hydrogen-bond acceptors (Lipinski definition) is 3. The third-order valence-electron chi connectivity index (χ3n) is 4.87. The molecule has 1 amide bonds. The van der Waals surface area contributed by atoms with Gasteiger partial charge >= 0.3 is 6.18 Å². The van der Waals surface area contributed by atoms with Gasteiger partial charge in [-0.15, -0.1) is 0 Å². The summed E-state index contributed by atoms with van der Waals surface area (Å²) >= 11 is 0. The van der Waals surface area contributed by atoms with Gasteiger partial charge in [-0.2, -0.15) is 13.2 Å². The van der Waals surface area contributed by atoms with E-state index in [1.807, 2.05) is 0 Å². The Morgan fingerprint density at radius 2 is 1.75 bits per heavy atom. The minimum absolute atomic E-state index is 0.170. The smallest absolute Gasteiger partial charge is 0.369 e. The molecule has 2 aromatic rings. The standard InChI is InChI=1S/C21H24F3N3O/c1-16-4-2-7-19(14-16)27-12-10-26(11-13-27)9-8-20(28)25-18-6-3-5-17(15-18)21(22,23)24/h2-7,14-15H,8-13H2,1H3,(H,25,28). The molecule has 4 nitrogen and oxygen atoms in total. The SMILES string of the molecule is Cc1cccc(N2CCN(CCC(=O)Nc3cccc(C(F)(F)F)c3)CC2)c1. The molecule has 3 rings (SSSR count). The number of nitrogens with zero attached hydrogens (tertiary/aromatic N) is 2. The van der Waals surface area contributed by atoms with Crippen molar-refractivity contribution in [2.75, 3.05) is 42.9 Å². The molecule has 28 heavy (non-hydrogen) atoms. The maximum Gasteiger partial charge on any atom is 0.416 e. The molecule has 1 heterocycles. The Hall–Kier alpha value is -2.54. The number of halogens is 3. The summed E-state index contributed by atoms with van der Waals surface area (Å²) in [4.78, 5) is 16.6. The minimum Gasteiger partial charge on any atom is -0.369 e. The van der Waals surface area contributed by atoms with Crippen molar-refractivity contribution < 1.29 is 18.0 Å². The normalized spacial score (nSPS) is 15.5. The molecule has 0 unspecified atom stereocenters. The second kappa shape index (κ2) is 8.65. The molecule has 150 valence electrons. The highest BCUT2D eigenvalue weighted by molar-refractivity contribution is 5.90. The van der Waals surface area contributed by atoms with Crippen LogP contribution in [0, 0.1) is 6.92 Å². The van der Waals surface area contributed by atoms with Crippen molar-refractivity contribution in [2.24, 2.45) is 0 Å². The van der Waals surface area contributed by atoms with Gasteiger partial charge in [-0.1, -0.05) is 18.2 Å². The highest BCUT2D eigenvalue weighted by atomic mass is 19.4. The van der Waals surface area contributed by atoms with Gasteiger partial charge in [0.05, 0.1) is 5.56 Å². The predicted molar refractivity (Wildman–Crippen MR) is 105 cm³/mol. The molecular weight excluding hydrogens is 367 g/mol. The number of carbonyl (C=O) groups is 1. The van der Waals surface area contributed by atoms with Gasteiger partial charge in [-0.3, -0.25) is 9.69 Å². The van der Waals surface area contributed by atoms with Gasteiger partial charge in [0.1, 0.15) is 0 Å². The van der Waals surface area contributed by atoms with Crippen LogP contribution in [0.3, 0.4) is 0 Å². The van der Waals surface area contributed by atoms with Crippen LogP contribution in [0.15, 0.2) is 48.5 Å². The van der Waals surface area contributed by atoms with Crippen LogP contribution >= 0.6 is 0 Å². The Morgan fingerprint density at radius 1 is 1.04 bits per heavy atom. The van der Waals surface area contributed by atoms with Gasteiger partial charge in [0.2, 0.25) is 5.91 Å². The number of amides is 1. The predicted octanol–water partition coefficient (Wildman–Crippen LogP) is 4.16. The second-order valence-corrected chi connectivity index (χ2v) is 7.04. The monoisotopic (exact) mass is 391 g/mol. The molecule has 0 spiro atoms. The third-order valence-corrected chi connectivity index (χ3v) is 4.87. The Bertz CT molecular complexity index is 815.